The molecule has 2 unspecified atom stereocenters. The van der Waals surface area contributed by atoms with E-state index in [-0.39, 0.29) is 26.0 Å². The molecule has 0 aliphatic heterocycles. The third-order valence-corrected chi connectivity index (χ3v) is 4.34. The van der Waals surface area contributed by atoms with E-state index in [1.165, 1.54) is 6.07 Å². The summed E-state index contributed by atoms with van der Waals surface area (Å²) < 4.78 is 52.8. The fraction of sp³-hybridized carbons (Fsp3) is 0.588. The van der Waals surface area contributed by atoms with Crippen LogP contribution in [0.2, 0.25) is 0 Å². The molecule has 1 aromatic rings. The van der Waals surface area contributed by atoms with Crippen LogP contribution >= 0.6 is 0 Å². The van der Waals surface area contributed by atoms with Crippen molar-refractivity contribution in [2.24, 2.45) is 11.8 Å². The Hall–Kier alpha value is -1.63. The molecule has 1 aromatic carbocycles. The lowest BCUT2D eigenvalue weighted by atomic mass is 9.86. The van der Waals surface area contributed by atoms with E-state index in [0.717, 1.165) is 12.1 Å². The summed E-state index contributed by atoms with van der Waals surface area (Å²) in [6.07, 6.45) is 0.338. The van der Waals surface area contributed by atoms with Gasteiger partial charge in [-0.15, -0.1) is 0 Å². The number of halogens is 4. The van der Waals surface area contributed by atoms with Crippen molar-refractivity contribution in [3.63, 3.8) is 0 Å². The Balaban J connectivity index is 1.86. The highest BCUT2D eigenvalue weighted by molar-refractivity contribution is 5.78. The second-order valence-electron chi connectivity index (χ2n) is 6.40. The molecule has 1 aliphatic carbocycles. The van der Waals surface area contributed by atoms with E-state index in [9.17, 15) is 27.5 Å². The quantitative estimate of drug-likeness (QED) is 0.777. The lowest BCUT2D eigenvalue weighted by Crippen LogP contribution is -2.40. The highest BCUT2D eigenvalue weighted by Crippen LogP contribution is 2.36. The maximum Gasteiger partial charge on any atom is 0.248 e. The lowest BCUT2D eigenvalue weighted by Gasteiger charge is -2.28. The standard InChI is InChI=1S/C17H21F4NO2/c18-14-4-3-11(7-15(14)19)6-12(10-23)9-22-16(24)13-2-1-5-17(20,21)8-13/h3-4,7,12-13,23H,1-2,5-6,8-10H2,(H,22,24). The summed E-state index contributed by atoms with van der Waals surface area (Å²) in [6, 6.07) is 3.45. The Morgan fingerprint density at radius 2 is 2.08 bits per heavy atom. The van der Waals surface area contributed by atoms with Gasteiger partial charge < -0.3 is 10.4 Å². The van der Waals surface area contributed by atoms with Crippen molar-refractivity contribution >= 4 is 5.91 Å². The molecule has 1 saturated carbocycles. The summed E-state index contributed by atoms with van der Waals surface area (Å²) in [5.74, 6) is -6.30. The highest BCUT2D eigenvalue weighted by atomic mass is 19.3. The molecule has 1 amide bonds. The maximum atomic E-state index is 13.4. The maximum absolute atomic E-state index is 13.4. The summed E-state index contributed by atoms with van der Waals surface area (Å²) in [4.78, 5) is 12.0. The molecular weight excluding hydrogens is 326 g/mol. The molecule has 1 fully saturated rings. The van der Waals surface area contributed by atoms with Gasteiger partial charge in [0.1, 0.15) is 0 Å². The van der Waals surface area contributed by atoms with Crippen molar-refractivity contribution in [3.8, 4) is 0 Å². The second kappa shape index (κ2) is 7.96. The van der Waals surface area contributed by atoms with Gasteiger partial charge in [0.15, 0.2) is 11.6 Å². The largest absolute Gasteiger partial charge is 0.396 e. The van der Waals surface area contributed by atoms with Gasteiger partial charge in [-0.05, 0) is 37.0 Å². The number of carbonyl (C=O) groups is 1. The molecule has 0 heterocycles. The van der Waals surface area contributed by atoms with Crippen LogP contribution in [0.4, 0.5) is 17.6 Å². The molecular formula is C17H21F4NO2. The van der Waals surface area contributed by atoms with Crippen molar-refractivity contribution in [2.45, 2.75) is 38.0 Å². The lowest BCUT2D eigenvalue weighted by molar-refractivity contribution is -0.132. The highest BCUT2D eigenvalue weighted by Gasteiger charge is 2.39. The number of aliphatic hydroxyl groups excluding tert-OH is 1. The van der Waals surface area contributed by atoms with Crippen molar-refractivity contribution in [3.05, 3.63) is 35.4 Å². The monoisotopic (exact) mass is 347 g/mol. The molecule has 2 rings (SSSR count). The third-order valence-electron chi connectivity index (χ3n) is 4.34. The topological polar surface area (TPSA) is 49.3 Å². The normalized spacial score (nSPS) is 21.3. The predicted octanol–water partition coefficient (Wildman–Crippen LogP) is 3.06. The molecule has 0 saturated heterocycles. The first-order valence-electron chi connectivity index (χ1n) is 8.01. The molecule has 0 bridgehead atoms. The zero-order valence-electron chi connectivity index (χ0n) is 13.2. The number of hydrogen-bond donors (Lipinski definition) is 2. The van der Waals surface area contributed by atoms with Crippen molar-refractivity contribution < 1.29 is 27.5 Å². The first-order valence-corrected chi connectivity index (χ1v) is 8.01. The Bertz CT molecular complexity index is 580. The van der Waals surface area contributed by atoms with E-state index in [4.69, 9.17) is 0 Å². The molecule has 0 spiro atoms. The molecule has 0 radical (unpaired) electrons. The first-order chi connectivity index (χ1) is 11.3. The summed E-state index contributed by atoms with van der Waals surface area (Å²) in [7, 11) is 0. The first kappa shape index (κ1) is 18.7. The predicted molar refractivity (Wildman–Crippen MR) is 80.6 cm³/mol. The van der Waals surface area contributed by atoms with Crippen molar-refractivity contribution in [1.82, 2.24) is 5.32 Å². The second-order valence-corrected chi connectivity index (χ2v) is 6.40. The summed E-state index contributed by atoms with van der Waals surface area (Å²) in [5, 5.41) is 12.0. The van der Waals surface area contributed by atoms with Gasteiger partial charge in [-0.3, -0.25) is 4.79 Å². The molecule has 7 heteroatoms. The number of amides is 1. The van der Waals surface area contributed by atoms with E-state index in [0.29, 0.717) is 18.4 Å². The van der Waals surface area contributed by atoms with Gasteiger partial charge in [-0.2, -0.15) is 0 Å². The van der Waals surface area contributed by atoms with Crippen molar-refractivity contribution in [1.29, 1.82) is 0 Å². The van der Waals surface area contributed by atoms with Gasteiger partial charge in [-0.25, -0.2) is 17.6 Å². The average Bonchev–Trinajstić information content (AvgIpc) is 2.53. The summed E-state index contributed by atoms with van der Waals surface area (Å²) >= 11 is 0. The van der Waals surface area contributed by atoms with E-state index >= 15 is 0 Å². The van der Waals surface area contributed by atoms with Crippen LogP contribution in [-0.4, -0.2) is 30.1 Å². The molecule has 134 valence electrons. The summed E-state index contributed by atoms with van der Waals surface area (Å²) in [5.41, 5.74) is 0.492. The molecule has 3 nitrogen and oxygen atoms in total. The molecule has 24 heavy (non-hydrogen) atoms. The van der Waals surface area contributed by atoms with Gasteiger partial charge in [0.2, 0.25) is 11.8 Å². The van der Waals surface area contributed by atoms with Crippen molar-refractivity contribution in [2.75, 3.05) is 13.2 Å². The van der Waals surface area contributed by atoms with E-state index < -0.39 is 41.7 Å². The van der Waals surface area contributed by atoms with Gasteiger partial charge in [0.25, 0.3) is 0 Å². The smallest absolute Gasteiger partial charge is 0.248 e. The van der Waals surface area contributed by atoms with Crippen LogP contribution in [0, 0.1) is 23.5 Å². The summed E-state index contributed by atoms with van der Waals surface area (Å²) in [6.45, 7) is -0.170. The molecule has 2 atom stereocenters. The van der Waals surface area contributed by atoms with Gasteiger partial charge in [0, 0.05) is 37.8 Å². The molecule has 2 N–H and O–H groups in total. The number of hydrogen-bond acceptors (Lipinski definition) is 2. The van der Waals surface area contributed by atoms with Crippen LogP contribution < -0.4 is 5.32 Å². The number of carbonyl (C=O) groups excluding carboxylic acids is 1. The van der Waals surface area contributed by atoms with Gasteiger partial charge >= 0.3 is 0 Å². The fourth-order valence-corrected chi connectivity index (χ4v) is 2.99. The van der Waals surface area contributed by atoms with Crippen LogP contribution in [0.5, 0.6) is 0 Å². The zero-order valence-corrected chi connectivity index (χ0v) is 13.2. The van der Waals surface area contributed by atoms with E-state index in [1.807, 2.05) is 0 Å². The number of aliphatic hydroxyl groups is 1. The molecule has 0 aromatic heterocycles. The number of benzene rings is 1. The van der Waals surface area contributed by atoms with E-state index in [2.05, 4.69) is 5.32 Å². The molecule has 1 aliphatic rings. The Morgan fingerprint density at radius 3 is 2.71 bits per heavy atom. The van der Waals surface area contributed by atoms with Gasteiger partial charge in [0.05, 0.1) is 0 Å². The number of nitrogens with one attached hydrogen (secondary N) is 1. The fourth-order valence-electron chi connectivity index (χ4n) is 2.99. The SMILES string of the molecule is O=C(NCC(CO)Cc1ccc(F)c(F)c1)C1CCCC(F)(F)C1. The Morgan fingerprint density at radius 1 is 1.33 bits per heavy atom. The Labute approximate surface area is 138 Å². The minimum absolute atomic E-state index is 0.0937. The van der Waals surface area contributed by atoms with Crippen LogP contribution in [0.25, 0.3) is 0 Å². The van der Waals surface area contributed by atoms with Gasteiger partial charge in [-0.1, -0.05) is 6.07 Å². The number of rotatable bonds is 6. The zero-order chi connectivity index (χ0) is 17.7. The number of alkyl halides is 2. The van der Waals surface area contributed by atoms with Crippen LogP contribution in [0.15, 0.2) is 18.2 Å². The van der Waals surface area contributed by atoms with Crippen LogP contribution in [0.1, 0.15) is 31.2 Å². The Kier molecular flexibility index (Phi) is 6.21. The van der Waals surface area contributed by atoms with E-state index in [1.54, 1.807) is 0 Å². The minimum atomic E-state index is -2.80. The third kappa shape index (κ3) is 5.19. The minimum Gasteiger partial charge on any atom is -0.396 e. The average molecular weight is 347 g/mol. The van der Waals surface area contributed by atoms with Crippen LogP contribution in [0.3, 0.4) is 0 Å². The van der Waals surface area contributed by atoms with Crippen LogP contribution in [-0.2, 0) is 11.2 Å².